The van der Waals surface area contributed by atoms with Gasteiger partial charge in [-0.15, -0.1) is 0 Å². The number of halogens is 1. The Morgan fingerprint density at radius 2 is 2.33 bits per heavy atom. The third-order valence-corrected chi connectivity index (χ3v) is 2.84. The standard InChI is InChI=1S/C10H11IO/c1-7-2-3-8-6-9(11)4-5-10(8)12-7/h4-7H,2-3H2,1H3. The summed E-state index contributed by atoms with van der Waals surface area (Å²) in [6.45, 7) is 2.13. The fourth-order valence-corrected chi connectivity index (χ4v) is 2.05. The van der Waals surface area contributed by atoms with Crippen LogP contribution in [0.4, 0.5) is 0 Å². The summed E-state index contributed by atoms with van der Waals surface area (Å²) in [6.07, 6.45) is 2.69. The first-order valence-corrected chi connectivity index (χ1v) is 5.28. The van der Waals surface area contributed by atoms with E-state index in [-0.39, 0.29) is 0 Å². The summed E-state index contributed by atoms with van der Waals surface area (Å²) in [7, 11) is 0. The molecule has 2 heteroatoms. The van der Waals surface area contributed by atoms with Gasteiger partial charge in [-0.25, -0.2) is 0 Å². The minimum Gasteiger partial charge on any atom is -0.490 e. The lowest BCUT2D eigenvalue weighted by molar-refractivity contribution is 0.192. The third-order valence-electron chi connectivity index (χ3n) is 2.17. The quantitative estimate of drug-likeness (QED) is 0.661. The monoisotopic (exact) mass is 274 g/mol. The number of hydrogen-bond donors (Lipinski definition) is 0. The van der Waals surface area contributed by atoms with Gasteiger partial charge >= 0.3 is 0 Å². The molecule has 0 bridgehead atoms. The van der Waals surface area contributed by atoms with Crippen molar-refractivity contribution in [2.75, 3.05) is 0 Å². The van der Waals surface area contributed by atoms with Crippen molar-refractivity contribution >= 4 is 22.6 Å². The topological polar surface area (TPSA) is 9.23 Å². The first-order chi connectivity index (χ1) is 5.75. The van der Waals surface area contributed by atoms with Gasteiger partial charge in [0.05, 0.1) is 6.10 Å². The lowest BCUT2D eigenvalue weighted by Gasteiger charge is -2.23. The molecule has 1 aromatic rings. The van der Waals surface area contributed by atoms with Crippen molar-refractivity contribution in [2.45, 2.75) is 25.9 Å². The van der Waals surface area contributed by atoms with Crippen molar-refractivity contribution in [3.63, 3.8) is 0 Å². The maximum atomic E-state index is 5.68. The molecular weight excluding hydrogens is 263 g/mol. The van der Waals surface area contributed by atoms with Crippen molar-refractivity contribution in [1.82, 2.24) is 0 Å². The average molecular weight is 274 g/mol. The number of aryl methyl sites for hydroxylation is 1. The van der Waals surface area contributed by atoms with Gasteiger partial charge in [0.2, 0.25) is 0 Å². The van der Waals surface area contributed by atoms with Crippen molar-refractivity contribution in [3.05, 3.63) is 27.3 Å². The van der Waals surface area contributed by atoms with E-state index in [0.29, 0.717) is 6.10 Å². The second kappa shape index (κ2) is 3.24. The zero-order valence-electron chi connectivity index (χ0n) is 7.01. The van der Waals surface area contributed by atoms with Gasteiger partial charge in [0.1, 0.15) is 5.75 Å². The van der Waals surface area contributed by atoms with Crippen molar-refractivity contribution in [1.29, 1.82) is 0 Å². The van der Waals surface area contributed by atoms with Gasteiger partial charge in [0.25, 0.3) is 0 Å². The summed E-state index contributed by atoms with van der Waals surface area (Å²) in [6, 6.07) is 6.38. The molecule has 0 radical (unpaired) electrons. The molecule has 1 atom stereocenters. The molecule has 0 amide bonds. The Hall–Kier alpha value is -0.250. The predicted octanol–water partition coefficient (Wildman–Crippen LogP) is 3.00. The largest absolute Gasteiger partial charge is 0.490 e. The van der Waals surface area contributed by atoms with Crippen LogP contribution < -0.4 is 4.74 Å². The number of rotatable bonds is 0. The van der Waals surface area contributed by atoms with Gasteiger partial charge in [-0.2, -0.15) is 0 Å². The van der Waals surface area contributed by atoms with Crippen LogP contribution in [0.25, 0.3) is 0 Å². The van der Waals surface area contributed by atoms with Crippen LogP contribution in [0.3, 0.4) is 0 Å². The Balaban J connectivity index is 2.37. The fourth-order valence-electron chi connectivity index (χ4n) is 1.49. The van der Waals surface area contributed by atoms with Gasteiger partial charge in [-0.3, -0.25) is 0 Å². The molecule has 0 saturated carbocycles. The summed E-state index contributed by atoms with van der Waals surface area (Å²) in [5.41, 5.74) is 1.36. The SMILES string of the molecule is CC1CCc2cc(I)ccc2O1. The highest BCUT2D eigenvalue weighted by Crippen LogP contribution is 2.28. The van der Waals surface area contributed by atoms with Crippen LogP contribution in [-0.4, -0.2) is 6.10 Å². The third kappa shape index (κ3) is 1.58. The van der Waals surface area contributed by atoms with E-state index in [0.717, 1.165) is 18.6 Å². The van der Waals surface area contributed by atoms with Gasteiger partial charge in [-0.1, -0.05) is 0 Å². The Labute approximate surface area is 86.3 Å². The van der Waals surface area contributed by atoms with Crippen LogP contribution in [-0.2, 0) is 6.42 Å². The highest BCUT2D eigenvalue weighted by Gasteiger charge is 2.15. The van der Waals surface area contributed by atoms with Crippen LogP contribution >= 0.6 is 22.6 Å². The summed E-state index contributed by atoms with van der Waals surface area (Å²) < 4.78 is 6.98. The average Bonchev–Trinajstić information content (AvgIpc) is 2.05. The van der Waals surface area contributed by atoms with E-state index in [1.165, 1.54) is 9.13 Å². The normalized spacial score (nSPS) is 21.3. The molecule has 1 unspecified atom stereocenters. The number of ether oxygens (including phenoxy) is 1. The molecule has 0 spiro atoms. The number of fused-ring (bicyclic) bond motifs is 1. The van der Waals surface area contributed by atoms with Gasteiger partial charge in [0.15, 0.2) is 0 Å². The summed E-state index contributed by atoms with van der Waals surface area (Å²) in [5.74, 6) is 1.08. The van der Waals surface area contributed by atoms with E-state index in [2.05, 4.69) is 47.7 Å². The van der Waals surface area contributed by atoms with Crippen LogP contribution in [0.5, 0.6) is 5.75 Å². The van der Waals surface area contributed by atoms with Crippen LogP contribution in [0.15, 0.2) is 18.2 Å². The smallest absolute Gasteiger partial charge is 0.122 e. The Bertz CT molecular complexity index is 296. The fraction of sp³-hybridized carbons (Fsp3) is 0.400. The highest BCUT2D eigenvalue weighted by molar-refractivity contribution is 14.1. The Morgan fingerprint density at radius 1 is 1.50 bits per heavy atom. The van der Waals surface area contributed by atoms with E-state index in [4.69, 9.17) is 4.74 Å². The van der Waals surface area contributed by atoms with Crippen LogP contribution in [0.1, 0.15) is 18.9 Å². The molecule has 0 aromatic heterocycles. The lowest BCUT2D eigenvalue weighted by Crippen LogP contribution is -2.18. The molecule has 12 heavy (non-hydrogen) atoms. The van der Waals surface area contributed by atoms with Gasteiger partial charge < -0.3 is 4.74 Å². The minimum absolute atomic E-state index is 0.387. The van der Waals surface area contributed by atoms with Gasteiger partial charge in [-0.05, 0) is 66.1 Å². The van der Waals surface area contributed by atoms with E-state index in [1.807, 2.05) is 0 Å². The van der Waals surface area contributed by atoms with E-state index in [1.54, 1.807) is 0 Å². The van der Waals surface area contributed by atoms with Crippen LogP contribution in [0, 0.1) is 3.57 Å². The van der Waals surface area contributed by atoms with Crippen molar-refractivity contribution in [3.8, 4) is 5.75 Å². The molecule has 1 nitrogen and oxygen atoms in total. The molecule has 1 heterocycles. The van der Waals surface area contributed by atoms with Crippen LogP contribution in [0.2, 0.25) is 0 Å². The zero-order valence-corrected chi connectivity index (χ0v) is 9.17. The van der Waals surface area contributed by atoms with E-state index < -0.39 is 0 Å². The number of benzene rings is 1. The maximum absolute atomic E-state index is 5.68. The molecule has 0 N–H and O–H groups in total. The second-order valence-electron chi connectivity index (χ2n) is 3.22. The molecule has 0 saturated heterocycles. The van der Waals surface area contributed by atoms with Crippen molar-refractivity contribution in [2.24, 2.45) is 0 Å². The molecule has 1 aliphatic rings. The zero-order chi connectivity index (χ0) is 8.55. The Morgan fingerprint density at radius 3 is 3.17 bits per heavy atom. The molecule has 0 aliphatic carbocycles. The molecule has 0 fully saturated rings. The van der Waals surface area contributed by atoms with E-state index in [9.17, 15) is 0 Å². The minimum atomic E-state index is 0.387. The number of hydrogen-bond acceptors (Lipinski definition) is 1. The summed E-state index contributed by atoms with van der Waals surface area (Å²) >= 11 is 2.34. The highest BCUT2D eigenvalue weighted by atomic mass is 127. The first-order valence-electron chi connectivity index (χ1n) is 4.21. The first kappa shape index (κ1) is 8.35. The second-order valence-corrected chi connectivity index (χ2v) is 4.46. The summed E-state index contributed by atoms with van der Waals surface area (Å²) in [4.78, 5) is 0. The van der Waals surface area contributed by atoms with E-state index >= 15 is 0 Å². The molecule has 1 aliphatic heterocycles. The molecule has 2 rings (SSSR count). The summed E-state index contributed by atoms with van der Waals surface area (Å²) in [5, 5.41) is 0. The lowest BCUT2D eigenvalue weighted by atomic mass is 10.0. The Kier molecular flexibility index (Phi) is 2.26. The maximum Gasteiger partial charge on any atom is 0.122 e. The van der Waals surface area contributed by atoms with Gasteiger partial charge in [0, 0.05) is 3.57 Å². The van der Waals surface area contributed by atoms with Crippen molar-refractivity contribution < 1.29 is 4.74 Å². The molecular formula is C10H11IO. The molecule has 64 valence electrons. The predicted molar refractivity (Wildman–Crippen MR) is 57.6 cm³/mol. The molecule has 1 aromatic carbocycles.